The number of methoxy groups -OCH3 is 1. The quantitative estimate of drug-likeness (QED) is 0.254. The van der Waals surface area contributed by atoms with Gasteiger partial charge in [0.05, 0.1) is 42.3 Å². The van der Waals surface area contributed by atoms with Gasteiger partial charge in [0.1, 0.15) is 28.5 Å². The van der Waals surface area contributed by atoms with Gasteiger partial charge in [-0.05, 0) is 69.9 Å². The first-order chi connectivity index (χ1) is 21.4. The average molecular weight is 635 g/mol. The van der Waals surface area contributed by atoms with E-state index in [1.807, 2.05) is 24.3 Å². The standard InChI is InChI=1S/C32H34N4O8S/c1-17-24-27(37)36(31(2,3)29(38)39)30(40)35(28(24)45-25(17)26-34-9-10-43-26)15-23(21-7-5-6-8-22(21)42-4)44-20-11-18-13-32(41,16-33)14-19(18)12-20/h5-10,18-20,23,41H,11-15H2,1-4H3,(H,38,39)/t18-,19+,20?,23?,32?. The molecule has 4 aromatic rings. The summed E-state index contributed by atoms with van der Waals surface area (Å²) >= 11 is 1.17. The van der Waals surface area contributed by atoms with Crippen molar-refractivity contribution in [1.82, 2.24) is 14.1 Å². The van der Waals surface area contributed by atoms with Gasteiger partial charge < -0.3 is 24.1 Å². The SMILES string of the molecule is COc1ccccc1C(Cn1c(=O)n(C(C)(C)C(=O)O)c(=O)c2c(C)c(-c3ncco3)sc21)OC1C[C@@H]2CC(O)(C#N)C[C@@H]2C1. The van der Waals surface area contributed by atoms with E-state index in [-0.39, 0.29) is 35.8 Å². The summed E-state index contributed by atoms with van der Waals surface area (Å²) in [5.74, 6) is -0.238. The highest BCUT2D eigenvalue weighted by Gasteiger charge is 2.50. The van der Waals surface area contributed by atoms with Gasteiger partial charge in [-0.1, -0.05) is 18.2 Å². The first-order valence-corrected chi connectivity index (χ1v) is 15.5. The summed E-state index contributed by atoms with van der Waals surface area (Å²) in [5, 5.41) is 30.3. The second kappa shape index (κ2) is 11.3. The Bertz CT molecular complexity index is 1920. The predicted molar refractivity (Wildman–Crippen MR) is 164 cm³/mol. The zero-order chi connectivity index (χ0) is 32.3. The maximum Gasteiger partial charge on any atom is 0.333 e. The molecule has 5 atom stereocenters. The molecule has 0 bridgehead atoms. The summed E-state index contributed by atoms with van der Waals surface area (Å²) in [5.41, 5.74) is -3.47. The van der Waals surface area contributed by atoms with Gasteiger partial charge in [-0.3, -0.25) is 9.36 Å². The van der Waals surface area contributed by atoms with E-state index in [4.69, 9.17) is 13.9 Å². The molecule has 0 saturated heterocycles. The number of hydrogen-bond donors (Lipinski definition) is 2. The number of carbonyl (C=O) groups is 1. The van der Waals surface area contributed by atoms with Crippen molar-refractivity contribution in [3.05, 3.63) is 68.7 Å². The highest BCUT2D eigenvalue weighted by molar-refractivity contribution is 7.22. The van der Waals surface area contributed by atoms with Crippen molar-refractivity contribution in [3.63, 3.8) is 0 Å². The van der Waals surface area contributed by atoms with Crippen LogP contribution in [0.5, 0.6) is 5.75 Å². The molecular weight excluding hydrogens is 600 g/mol. The third-order valence-corrected chi connectivity index (χ3v) is 10.6. The average Bonchev–Trinajstić information content (AvgIpc) is 3.78. The Morgan fingerprint density at radius 3 is 2.56 bits per heavy atom. The number of rotatable bonds is 9. The first kappa shape index (κ1) is 30.8. The van der Waals surface area contributed by atoms with Gasteiger partial charge in [0, 0.05) is 5.56 Å². The third kappa shape index (κ3) is 5.16. The maximum atomic E-state index is 14.3. The van der Waals surface area contributed by atoms with Crippen LogP contribution in [0.4, 0.5) is 0 Å². The number of fused-ring (bicyclic) bond motifs is 2. The summed E-state index contributed by atoms with van der Waals surface area (Å²) in [7, 11) is 1.55. The Morgan fingerprint density at radius 1 is 1.27 bits per heavy atom. The van der Waals surface area contributed by atoms with Crippen molar-refractivity contribution >= 4 is 27.5 Å². The monoisotopic (exact) mass is 634 g/mol. The normalized spacial score (nSPS) is 23.6. The Morgan fingerprint density at radius 2 is 1.96 bits per heavy atom. The summed E-state index contributed by atoms with van der Waals surface area (Å²) in [4.78, 5) is 45.7. The fourth-order valence-corrected chi connectivity index (χ4v) is 8.23. The van der Waals surface area contributed by atoms with Crippen LogP contribution in [0.2, 0.25) is 0 Å². The van der Waals surface area contributed by atoms with Gasteiger partial charge in [-0.2, -0.15) is 5.26 Å². The second-order valence-corrected chi connectivity index (χ2v) is 13.5. The smallest absolute Gasteiger partial charge is 0.333 e. The molecular formula is C32H34N4O8S. The van der Waals surface area contributed by atoms with Crippen LogP contribution < -0.4 is 16.0 Å². The van der Waals surface area contributed by atoms with E-state index in [0.717, 1.165) is 4.57 Å². The van der Waals surface area contributed by atoms with Crippen LogP contribution >= 0.6 is 11.3 Å². The lowest BCUT2D eigenvalue weighted by Gasteiger charge is -2.28. The molecule has 2 N–H and O–H groups in total. The van der Waals surface area contributed by atoms with Crippen molar-refractivity contribution in [2.45, 2.75) is 76.3 Å². The van der Waals surface area contributed by atoms with Crippen molar-refractivity contribution < 1.29 is 28.9 Å². The minimum absolute atomic E-state index is 0.0510. The molecule has 45 heavy (non-hydrogen) atoms. The number of ether oxygens (including phenoxy) is 2. The number of carboxylic acid groups (broad SMARTS) is 1. The molecule has 1 aromatic carbocycles. The predicted octanol–water partition coefficient (Wildman–Crippen LogP) is 4.22. The zero-order valence-corrected chi connectivity index (χ0v) is 26.2. The van der Waals surface area contributed by atoms with Gasteiger partial charge in [-0.25, -0.2) is 19.1 Å². The molecule has 236 valence electrons. The topological polar surface area (TPSA) is 170 Å². The summed E-state index contributed by atoms with van der Waals surface area (Å²) in [6, 6.07) is 9.36. The number of hydrogen-bond acceptors (Lipinski definition) is 10. The molecule has 2 aliphatic rings. The van der Waals surface area contributed by atoms with Crippen LogP contribution in [0.15, 0.2) is 50.7 Å². The number of thiophene rings is 1. The van der Waals surface area contributed by atoms with E-state index in [2.05, 4.69) is 4.98 Å². The number of aliphatic hydroxyl groups is 1. The molecule has 0 radical (unpaired) electrons. The van der Waals surface area contributed by atoms with E-state index in [1.54, 1.807) is 20.1 Å². The molecule has 3 aromatic heterocycles. The molecule has 3 unspecified atom stereocenters. The van der Waals surface area contributed by atoms with Gasteiger partial charge in [-0.15, -0.1) is 11.3 Å². The zero-order valence-electron chi connectivity index (χ0n) is 25.4. The van der Waals surface area contributed by atoms with Gasteiger partial charge in [0.2, 0.25) is 5.89 Å². The van der Waals surface area contributed by atoms with Crippen molar-refractivity contribution in [2.24, 2.45) is 11.8 Å². The highest BCUT2D eigenvalue weighted by Crippen LogP contribution is 2.50. The minimum Gasteiger partial charge on any atom is -0.496 e. The molecule has 13 heteroatoms. The number of benzene rings is 1. The molecule has 3 heterocycles. The number of aromatic nitrogens is 3. The Kier molecular flexibility index (Phi) is 7.71. The van der Waals surface area contributed by atoms with E-state index in [0.29, 0.717) is 52.3 Å². The molecule has 2 aliphatic carbocycles. The lowest BCUT2D eigenvalue weighted by atomic mass is 9.99. The van der Waals surface area contributed by atoms with Crippen LogP contribution in [0.1, 0.15) is 56.8 Å². The number of para-hydroxylation sites is 1. The van der Waals surface area contributed by atoms with Crippen LogP contribution in [0.3, 0.4) is 0 Å². The Labute approximate surface area is 262 Å². The third-order valence-electron chi connectivity index (χ3n) is 9.32. The number of nitrogens with zero attached hydrogens (tertiary/aromatic N) is 4. The Balaban J connectivity index is 1.50. The summed E-state index contributed by atoms with van der Waals surface area (Å²) in [6.45, 7) is 4.31. The molecule has 2 saturated carbocycles. The number of carboxylic acids is 1. The van der Waals surface area contributed by atoms with Crippen molar-refractivity contribution in [1.29, 1.82) is 5.26 Å². The fourth-order valence-electron chi connectivity index (χ4n) is 6.99. The van der Waals surface area contributed by atoms with Crippen LogP contribution in [0, 0.1) is 30.1 Å². The number of aliphatic carboxylic acids is 1. The van der Waals surface area contributed by atoms with Crippen molar-refractivity contribution in [3.8, 4) is 22.6 Å². The van der Waals surface area contributed by atoms with Crippen LogP contribution in [-0.2, 0) is 21.6 Å². The van der Waals surface area contributed by atoms with Gasteiger partial charge in [0.25, 0.3) is 5.56 Å². The first-order valence-electron chi connectivity index (χ1n) is 14.7. The van der Waals surface area contributed by atoms with Crippen LogP contribution in [0.25, 0.3) is 21.0 Å². The van der Waals surface area contributed by atoms with Crippen molar-refractivity contribution in [2.75, 3.05) is 7.11 Å². The minimum atomic E-state index is -1.86. The Hall–Kier alpha value is -4.25. The molecule has 6 rings (SSSR count). The number of nitriles is 1. The molecule has 0 aliphatic heterocycles. The highest BCUT2D eigenvalue weighted by atomic mass is 32.1. The van der Waals surface area contributed by atoms with E-state index >= 15 is 0 Å². The van der Waals surface area contributed by atoms with Gasteiger partial charge >= 0.3 is 11.7 Å². The number of oxazole rings is 1. The van der Waals surface area contributed by atoms with E-state index in [1.165, 1.54) is 42.2 Å². The van der Waals surface area contributed by atoms with E-state index in [9.17, 15) is 29.9 Å². The van der Waals surface area contributed by atoms with E-state index < -0.39 is 34.5 Å². The maximum absolute atomic E-state index is 14.3. The molecule has 12 nitrogen and oxygen atoms in total. The second-order valence-electron chi connectivity index (χ2n) is 12.5. The van der Waals surface area contributed by atoms with Crippen LogP contribution in [-0.4, -0.2) is 49.1 Å². The fraction of sp³-hybridized carbons (Fsp3) is 0.469. The molecule has 0 amide bonds. The largest absolute Gasteiger partial charge is 0.496 e. The van der Waals surface area contributed by atoms with Gasteiger partial charge in [0.15, 0.2) is 5.60 Å². The molecule has 0 spiro atoms. The lowest BCUT2D eigenvalue weighted by Crippen LogP contribution is -2.52. The molecule has 2 fully saturated rings. The summed E-state index contributed by atoms with van der Waals surface area (Å²) < 4.78 is 20.2. The summed E-state index contributed by atoms with van der Waals surface area (Å²) in [6.07, 6.45) is 4.01. The lowest BCUT2D eigenvalue weighted by molar-refractivity contribution is -0.146. The number of aryl methyl sites for hydroxylation is 1.